The number of carbonyl (C=O) groups excluding carboxylic acids is 1. The van der Waals surface area contributed by atoms with Crippen LogP contribution >= 0.6 is 11.6 Å². The van der Waals surface area contributed by atoms with Gasteiger partial charge in [0.25, 0.3) is 5.91 Å². The van der Waals surface area contributed by atoms with Gasteiger partial charge in [-0.3, -0.25) is 4.79 Å². The van der Waals surface area contributed by atoms with Crippen LogP contribution in [-0.2, 0) is 11.3 Å². The van der Waals surface area contributed by atoms with Crippen molar-refractivity contribution in [2.75, 3.05) is 19.5 Å². The number of halogens is 2. The first-order valence-electron chi connectivity index (χ1n) is 8.30. The number of ether oxygens (including phenoxy) is 1. The molecule has 0 saturated heterocycles. The summed E-state index contributed by atoms with van der Waals surface area (Å²) >= 11 is 5.71. The Labute approximate surface area is 156 Å². The number of nitrogens with zero attached hydrogens (tertiary/aromatic N) is 2. The van der Waals surface area contributed by atoms with Gasteiger partial charge in [-0.1, -0.05) is 11.6 Å². The molecule has 0 radical (unpaired) electrons. The summed E-state index contributed by atoms with van der Waals surface area (Å²) in [4.78, 5) is 21.1. The van der Waals surface area contributed by atoms with E-state index < -0.39 is 11.7 Å². The fourth-order valence-electron chi connectivity index (χ4n) is 2.96. The third kappa shape index (κ3) is 4.11. The summed E-state index contributed by atoms with van der Waals surface area (Å²) in [6.07, 6.45) is 1.49. The smallest absolute Gasteiger partial charge is 0.254 e. The number of carbonyl (C=O) groups is 1. The van der Waals surface area contributed by atoms with E-state index in [4.69, 9.17) is 16.3 Å². The molecule has 0 atom stereocenters. The van der Waals surface area contributed by atoms with Gasteiger partial charge in [0, 0.05) is 42.9 Å². The molecule has 1 aromatic carbocycles. The van der Waals surface area contributed by atoms with Crippen molar-refractivity contribution in [1.82, 2.24) is 15.3 Å². The molecule has 8 heteroatoms. The number of rotatable bonds is 6. The first kappa shape index (κ1) is 18.5. The fraction of sp³-hybridized carbons (Fsp3) is 0.389. The Hall–Kier alpha value is -2.25. The van der Waals surface area contributed by atoms with Gasteiger partial charge in [0.05, 0.1) is 5.56 Å². The molecule has 0 unspecified atom stereocenters. The molecule has 138 valence electrons. The number of nitrogens with one attached hydrogen (secondary N) is 2. The van der Waals surface area contributed by atoms with Gasteiger partial charge in [-0.25, -0.2) is 14.4 Å². The van der Waals surface area contributed by atoms with Gasteiger partial charge in [-0.15, -0.1) is 0 Å². The van der Waals surface area contributed by atoms with E-state index in [9.17, 15) is 9.18 Å². The van der Waals surface area contributed by atoms with E-state index in [0.717, 1.165) is 30.4 Å². The van der Waals surface area contributed by atoms with E-state index in [2.05, 4.69) is 20.6 Å². The Morgan fingerprint density at radius 3 is 2.77 bits per heavy atom. The van der Waals surface area contributed by atoms with Crippen molar-refractivity contribution in [2.24, 2.45) is 0 Å². The number of hydrogen-bond acceptors (Lipinski definition) is 5. The van der Waals surface area contributed by atoms with Gasteiger partial charge >= 0.3 is 0 Å². The summed E-state index contributed by atoms with van der Waals surface area (Å²) < 4.78 is 18.9. The fourth-order valence-corrected chi connectivity index (χ4v) is 3.12. The largest absolute Gasteiger partial charge is 0.377 e. The Bertz CT molecular complexity index is 812. The highest BCUT2D eigenvalue weighted by atomic mass is 35.5. The van der Waals surface area contributed by atoms with Crippen molar-refractivity contribution in [3.63, 3.8) is 0 Å². The molecular formula is C18H20ClFN4O2. The van der Waals surface area contributed by atoms with Gasteiger partial charge in [0.2, 0.25) is 0 Å². The predicted octanol–water partition coefficient (Wildman–Crippen LogP) is 3.13. The van der Waals surface area contributed by atoms with Gasteiger partial charge in [0.15, 0.2) is 5.82 Å². The van der Waals surface area contributed by atoms with Gasteiger partial charge in [-0.2, -0.15) is 0 Å². The summed E-state index contributed by atoms with van der Waals surface area (Å²) in [6, 6.07) is 5.92. The van der Waals surface area contributed by atoms with Crippen molar-refractivity contribution < 1.29 is 13.9 Å². The van der Waals surface area contributed by atoms with Crippen molar-refractivity contribution in [3.8, 4) is 0 Å². The molecule has 1 heterocycles. The van der Waals surface area contributed by atoms with Crippen LogP contribution in [0.15, 0.2) is 24.3 Å². The second-order valence-electron chi connectivity index (χ2n) is 6.24. The highest BCUT2D eigenvalue weighted by Gasteiger charge is 2.33. The minimum Gasteiger partial charge on any atom is -0.377 e. The molecule has 0 spiro atoms. The van der Waals surface area contributed by atoms with Gasteiger partial charge in [0.1, 0.15) is 18.2 Å². The molecule has 0 aliphatic heterocycles. The third-order valence-corrected chi connectivity index (χ3v) is 4.62. The Balaban J connectivity index is 1.62. The number of amides is 1. The first-order chi connectivity index (χ1) is 12.5. The van der Waals surface area contributed by atoms with Crippen LogP contribution in [0.5, 0.6) is 0 Å². The summed E-state index contributed by atoms with van der Waals surface area (Å²) in [6.45, 7) is 0.339. The molecule has 26 heavy (non-hydrogen) atoms. The lowest BCUT2D eigenvalue weighted by Gasteiger charge is -2.35. The van der Waals surface area contributed by atoms with Crippen LogP contribution in [0.25, 0.3) is 0 Å². The summed E-state index contributed by atoms with van der Waals surface area (Å²) in [5, 5.41) is 6.13. The van der Waals surface area contributed by atoms with E-state index in [1.807, 2.05) is 6.07 Å². The maximum Gasteiger partial charge on any atom is 0.254 e. The molecule has 1 fully saturated rings. The van der Waals surface area contributed by atoms with E-state index in [0.29, 0.717) is 12.4 Å². The molecule has 1 aliphatic rings. The van der Waals surface area contributed by atoms with Crippen molar-refractivity contribution in [2.45, 2.75) is 31.4 Å². The molecule has 3 rings (SSSR count). The molecule has 0 bridgehead atoms. The molecule has 1 amide bonds. The molecule has 1 saturated carbocycles. The number of anilines is 1. The maximum absolute atomic E-state index is 13.8. The van der Waals surface area contributed by atoms with Crippen molar-refractivity contribution in [1.29, 1.82) is 0 Å². The predicted molar refractivity (Wildman–Crippen MR) is 96.9 cm³/mol. The van der Waals surface area contributed by atoms with Crippen LogP contribution in [0.2, 0.25) is 5.02 Å². The molecule has 2 N–H and O–H groups in total. The summed E-state index contributed by atoms with van der Waals surface area (Å²) in [5.41, 5.74) is 0.916. The molecule has 1 aliphatic carbocycles. The zero-order valence-corrected chi connectivity index (χ0v) is 15.3. The third-order valence-electron chi connectivity index (χ3n) is 4.39. The lowest BCUT2D eigenvalue weighted by atomic mass is 9.78. The highest BCUT2D eigenvalue weighted by molar-refractivity contribution is 6.30. The Kier molecular flexibility index (Phi) is 5.68. The highest BCUT2D eigenvalue weighted by Crippen LogP contribution is 2.36. The van der Waals surface area contributed by atoms with Crippen LogP contribution in [0.1, 0.15) is 40.6 Å². The molecule has 6 nitrogen and oxygen atoms in total. The Morgan fingerprint density at radius 1 is 1.35 bits per heavy atom. The topological polar surface area (TPSA) is 76.1 Å². The second-order valence-corrected chi connectivity index (χ2v) is 6.68. The first-order valence-corrected chi connectivity index (χ1v) is 8.68. The van der Waals surface area contributed by atoms with E-state index in [1.54, 1.807) is 14.2 Å². The Morgan fingerprint density at radius 2 is 2.12 bits per heavy atom. The number of aromatic nitrogens is 2. The molecule has 1 aromatic heterocycles. The standard InChI is InChI=1S/C18H20ClFN4O2/c1-21-16-8-15(23-17(24-16)9-26-2)10-5-12(6-10)22-18(25)13-4-3-11(19)7-14(13)20/h3-4,7-8,10,12H,5-6,9H2,1-2H3,(H,22,25)(H,21,23,24). The molecular weight excluding hydrogens is 359 g/mol. The number of benzene rings is 1. The number of methoxy groups -OCH3 is 1. The lowest BCUT2D eigenvalue weighted by molar-refractivity contribution is 0.0904. The summed E-state index contributed by atoms with van der Waals surface area (Å²) in [7, 11) is 3.40. The van der Waals surface area contributed by atoms with Crippen LogP contribution in [0.3, 0.4) is 0 Å². The SMILES string of the molecule is CNc1cc(C2CC(NC(=O)c3ccc(Cl)cc3F)C2)nc(COC)n1. The zero-order valence-electron chi connectivity index (χ0n) is 14.6. The lowest BCUT2D eigenvalue weighted by Crippen LogP contribution is -2.43. The minimum atomic E-state index is -0.621. The van der Waals surface area contributed by atoms with E-state index in [1.165, 1.54) is 12.1 Å². The van der Waals surface area contributed by atoms with E-state index >= 15 is 0 Å². The van der Waals surface area contributed by atoms with Crippen molar-refractivity contribution >= 4 is 23.3 Å². The number of hydrogen-bond donors (Lipinski definition) is 2. The monoisotopic (exact) mass is 378 g/mol. The zero-order chi connectivity index (χ0) is 18.7. The average molecular weight is 379 g/mol. The van der Waals surface area contributed by atoms with Crippen LogP contribution in [0, 0.1) is 5.82 Å². The average Bonchev–Trinajstić information content (AvgIpc) is 2.57. The normalized spacial score (nSPS) is 18.9. The molecule has 2 aromatic rings. The van der Waals surface area contributed by atoms with Crippen LogP contribution in [0.4, 0.5) is 10.2 Å². The van der Waals surface area contributed by atoms with Gasteiger partial charge in [-0.05, 0) is 31.0 Å². The maximum atomic E-state index is 13.8. The van der Waals surface area contributed by atoms with Crippen molar-refractivity contribution in [3.05, 3.63) is 52.2 Å². The second kappa shape index (κ2) is 7.97. The minimum absolute atomic E-state index is 0.000244. The van der Waals surface area contributed by atoms with Gasteiger partial charge < -0.3 is 15.4 Å². The quantitative estimate of drug-likeness (QED) is 0.807. The summed E-state index contributed by atoms with van der Waals surface area (Å²) in [5.74, 6) is 0.523. The van der Waals surface area contributed by atoms with Crippen LogP contribution < -0.4 is 10.6 Å². The van der Waals surface area contributed by atoms with Crippen LogP contribution in [-0.4, -0.2) is 36.1 Å². The van der Waals surface area contributed by atoms with E-state index in [-0.39, 0.29) is 22.5 Å².